The maximum absolute atomic E-state index is 9.45. The molecule has 0 spiro atoms. The van der Waals surface area contributed by atoms with Crippen molar-refractivity contribution in [1.82, 2.24) is 0 Å². The van der Waals surface area contributed by atoms with E-state index in [2.05, 4.69) is 88.4 Å². The van der Waals surface area contributed by atoms with E-state index >= 15 is 0 Å². The smallest absolute Gasteiger partial charge is 0.261 e. The van der Waals surface area contributed by atoms with Gasteiger partial charge in [-0.1, -0.05) is 94.8 Å². The predicted octanol–water partition coefficient (Wildman–Crippen LogP) is 5.80. The second-order valence-corrected chi connectivity index (χ2v) is 15.6. The fourth-order valence-corrected chi connectivity index (χ4v) is 10.4. The molecule has 35 heavy (non-hydrogen) atoms. The van der Waals surface area contributed by atoms with Gasteiger partial charge in [-0.3, -0.25) is 0 Å². The SMILES string of the molecule is CCC[C@@H](CC[C@H]1C[C@@H](CCO)OC(C)(C)O1)O[Si](c1ccccc1)(c1ccccc1)C(C)(C)C. The van der Waals surface area contributed by atoms with Crippen LogP contribution >= 0.6 is 0 Å². The fourth-order valence-electron chi connectivity index (χ4n) is 5.61. The van der Waals surface area contributed by atoms with E-state index in [9.17, 15) is 5.11 Å². The third-order valence-corrected chi connectivity index (χ3v) is 12.2. The molecule has 194 valence electrons. The molecule has 1 aliphatic heterocycles. The molecule has 1 saturated heterocycles. The van der Waals surface area contributed by atoms with E-state index in [1.54, 1.807) is 0 Å². The molecule has 5 heteroatoms. The standard InChI is InChI=1S/C30H46O4Si/c1-7-14-24(19-20-25-23-26(21-22-31)33-30(5,6)32-25)34-35(29(2,3)4,27-15-10-8-11-16-27)28-17-12-9-13-18-28/h8-13,15-18,24-26,31H,7,14,19-23H2,1-6H3/t24-,25-,26+/m0/s1. The Balaban J connectivity index is 1.89. The number of ether oxygens (including phenoxy) is 2. The topological polar surface area (TPSA) is 47.9 Å². The van der Waals surface area contributed by atoms with Crippen molar-refractivity contribution in [2.24, 2.45) is 0 Å². The van der Waals surface area contributed by atoms with Gasteiger partial charge >= 0.3 is 0 Å². The summed E-state index contributed by atoms with van der Waals surface area (Å²) in [6.07, 6.45) is 5.75. The van der Waals surface area contributed by atoms with Crippen LogP contribution in [-0.2, 0) is 13.9 Å². The summed E-state index contributed by atoms with van der Waals surface area (Å²) in [5, 5.41) is 12.1. The fraction of sp³-hybridized carbons (Fsp3) is 0.600. The molecule has 3 atom stereocenters. The highest BCUT2D eigenvalue weighted by molar-refractivity contribution is 6.99. The lowest BCUT2D eigenvalue weighted by Gasteiger charge is -2.46. The zero-order valence-electron chi connectivity index (χ0n) is 22.6. The minimum Gasteiger partial charge on any atom is -0.404 e. The number of hydrogen-bond acceptors (Lipinski definition) is 4. The molecule has 4 nitrogen and oxygen atoms in total. The first kappa shape index (κ1) is 28.1. The number of aliphatic hydroxyl groups excluding tert-OH is 1. The molecule has 0 amide bonds. The van der Waals surface area contributed by atoms with Crippen LogP contribution in [0.1, 0.15) is 80.1 Å². The molecule has 0 radical (unpaired) electrons. The molecule has 1 fully saturated rings. The molecule has 0 aliphatic carbocycles. The highest BCUT2D eigenvalue weighted by Gasteiger charge is 2.51. The average molecular weight is 499 g/mol. The second-order valence-electron chi connectivity index (χ2n) is 11.4. The van der Waals surface area contributed by atoms with Crippen LogP contribution in [0.3, 0.4) is 0 Å². The van der Waals surface area contributed by atoms with Crippen LogP contribution in [0.5, 0.6) is 0 Å². The summed E-state index contributed by atoms with van der Waals surface area (Å²) >= 11 is 0. The number of benzene rings is 2. The quantitative estimate of drug-likeness (QED) is 0.398. The molecule has 1 aliphatic rings. The van der Waals surface area contributed by atoms with Gasteiger partial charge in [0.15, 0.2) is 5.79 Å². The molecule has 0 unspecified atom stereocenters. The normalized spacial score (nSPS) is 21.6. The van der Waals surface area contributed by atoms with Crippen molar-refractivity contribution < 1.29 is 19.0 Å². The number of hydrogen-bond donors (Lipinski definition) is 1. The van der Waals surface area contributed by atoms with Crippen LogP contribution < -0.4 is 10.4 Å². The summed E-state index contributed by atoms with van der Waals surface area (Å²) in [7, 11) is -2.59. The van der Waals surface area contributed by atoms with Gasteiger partial charge in [-0.25, -0.2) is 0 Å². The number of aliphatic hydroxyl groups is 1. The van der Waals surface area contributed by atoms with Crippen LogP contribution in [-0.4, -0.2) is 44.1 Å². The largest absolute Gasteiger partial charge is 0.404 e. The van der Waals surface area contributed by atoms with Crippen molar-refractivity contribution in [3.63, 3.8) is 0 Å². The van der Waals surface area contributed by atoms with Gasteiger partial charge in [0.25, 0.3) is 8.32 Å². The summed E-state index contributed by atoms with van der Waals surface area (Å²) in [6.45, 7) is 13.4. The Kier molecular flexibility index (Phi) is 9.75. The van der Waals surface area contributed by atoms with Crippen molar-refractivity contribution in [3.05, 3.63) is 60.7 Å². The second kappa shape index (κ2) is 12.2. The monoisotopic (exact) mass is 498 g/mol. The number of rotatable bonds is 11. The maximum Gasteiger partial charge on any atom is 0.261 e. The van der Waals surface area contributed by atoms with Crippen LogP contribution in [0.25, 0.3) is 0 Å². The molecule has 0 bridgehead atoms. The van der Waals surface area contributed by atoms with Crippen molar-refractivity contribution in [1.29, 1.82) is 0 Å². The third-order valence-electron chi connectivity index (χ3n) is 7.06. The van der Waals surface area contributed by atoms with Crippen molar-refractivity contribution in [2.45, 2.75) is 109 Å². The Morgan fingerprint density at radius 1 is 0.914 bits per heavy atom. The highest BCUT2D eigenvalue weighted by atomic mass is 28.4. The van der Waals surface area contributed by atoms with Gasteiger partial charge < -0.3 is 19.0 Å². The van der Waals surface area contributed by atoms with Gasteiger partial charge in [0.1, 0.15) is 0 Å². The third kappa shape index (κ3) is 7.05. The summed E-state index contributed by atoms with van der Waals surface area (Å²) in [5.41, 5.74) is 0. The van der Waals surface area contributed by atoms with E-state index in [0.29, 0.717) is 6.42 Å². The van der Waals surface area contributed by atoms with Crippen LogP contribution in [0.15, 0.2) is 60.7 Å². The van der Waals surface area contributed by atoms with Crippen molar-refractivity contribution >= 4 is 18.7 Å². The van der Waals surface area contributed by atoms with E-state index in [1.165, 1.54) is 10.4 Å². The van der Waals surface area contributed by atoms with Crippen molar-refractivity contribution in [2.75, 3.05) is 6.61 Å². The molecule has 0 aromatic heterocycles. The minimum absolute atomic E-state index is 0.0366. The van der Waals surface area contributed by atoms with Gasteiger partial charge in [0.05, 0.1) is 12.2 Å². The first-order valence-corrected chi connectivity index (χ1v) is 15.3. The van der Waals surface area contributed by atoms with E-state index in [1.807, 2.05) is 13.8 Å². The molecule has 1 N–H and O–H groups in total. The lowest BCUT2D eigenvalue weighted by Crippen LogP contribution is -2.67. The van der Waals surface area contributed by atoms with E-state index < -0.39 is 14.1 Å². The zero-order chi connectivity index (χ0) is 25.5. The Labute approximate surface area is 214 Å². The highest BCUT2D eigenvalue weighted by Crippen LogP contribution is 2.39. The molecule has 1 heterocycles. The Hall–Kier alpha value is -1.50. The summed E-state index contributed by atoms with van der Waals surface area (Å²) in [4.78, 5) is 0. The minimum atomic E-state index is -2.59. The zero-order valence-corrected chi connectivity index (χ0v) is 23.6. The molecule has 3 rings (SSSR count). The van der Waals surface area contributed by atoms with Gasteiger partial charge in [-0.05, 0) is 54.9 Å². The van der Waals surface area contributed by atoms with E-state index in [-0.39, 0.29) is 30.0 Å². The molecule has 2 aromatic rings. The van der Waals surface area contributed by atoms with Crippen molar-refractivity contribution in [3.8, 4) is 0 Å². The van der Waals surface area contributed by atoms with E-state index in [4.69, 9.17) is 13.9 Å². The lowest BCUT2D eigenvalue weighted by atomic mass is 9.99. The summed E-state index contributed by atoms with van der Waals surface area (Å²) in [6, 6.07) is 21.8. The molecule has 2 aromatic carbocycles. The summed E-state index contributed by atoms with van der Waals surface area (Å²) < 4.78 is 19.8. The average Bonchev–Trinajstić information content (AvgIpc) is 2.80. The predicted molar refractivity (Wildman–Crippen MR) is 147 cm³/mol. The Morgan fingerprint density at radius 3 is 1.89 bits per heavy atom. The van der Waals surface area contributed by atoms with Gasteiger partial charge in [-0.15, -0.1) is 0 Å². The van der Waals surface area contributed by atoms with Crippen LogP contribution in [0, 0.1) is 0 Å². The molecular weight excluding hydrogens is 452 g/mol. The van der Waals surface area contributed by atoms with Crippen LogP contribution in [0.4, 0.5) is 0 Å². The van der Waals surface area contributed by atoms with Gasteiger partial charge in [0.2, 0.25) is 0 Å². The maximum atomic E-state index is 9.45. The van der Waals surface area contributed by atoms with E-state index in [0.717, 1.165) is 32.1 Å². The van der Waals surface area contributed by atoms with Crippen LogP contribution in [0.2, 0.25) is 5.04 Å². The summed E-state index contributed by atoms with van der Waals surface area (Å²) in [5.74, 6) is -0.623. The van der Waals surface area contributed by atoms with Gasteiger partial charge in [-0.2, -0.15) is 0 Å². The Morgan fingerprint density at radius 2 is 1.43 bits per heavy atom. The molecule has 0 saturated carbocycles. The first-order chi connectivity index (χ1) is 16.6. The Bertz CT molecular complexity index is 839. The van der Waals surface area contributed by atoms with Gasteiger partial charge in [0, 0.05) is 19.1 Å². The molecular formula is C30H46O4Si. The first-order valence-electron chi connectivity index (χ1n) is 13.4. The lowest BCUT2D eigenvalue weighted by molar-refractivity contribution is -0.302.